The van der Waals surface area contributed by atoms with E-state index in [1.54, 1.807) is 38.5 Å². The zero-order valence-electron chi connectivity index (χ0n) is 16.0. The van der Waals surface area contributed by atoms with Gasteiger partial charge in [0.15, 0.2) is 11.6 Å². The number of hydrogen-bond acceptors (Lipinski definition) is 6. The molecular weight excluding hydrogens is 356 g/mol. The molecular formula is C21H22N4O3. The molecule has 3 rings (SSSR count). The normalized spacial score (nSPS) is 10.2. The Bertz CT molecular complexity index is 958. The summed E-state index contributed by atoms with van der Waals surface area (Å²) >= 11 is 0. The van der Waals surface area contributed by atoms with Crippen LogP contribution in [0.3, 0.4) is 0 Å². The Labute approximate surface area is 163 Å². The second-order valence-corrected chi connectivity index (χ2v) is 6.15. The molecule has 144 valence electrons. The van der Waals surface area contributed by atoms with Crippen molar-refractivity contribution in [3.8, 4) is 11.5 Å². The van der Waals surface area contributed by atoms with Gasteiger partial charge in [-0.2, -0.15) is 0 Å². The summed E-state index contributed by atoms with van der Waals surface area (Å²) in [6, 6.07) is 16.6. The van der Waals surface area contributed by atoms with Gasteiger partial charge in [-0.1, -0.05) is 24.3 Å². The zero-order chi connectivity index (χ0) is 19.9. The fourth-order valence-electron chi connectivity index (χ4n) is 2.68. The van der Waals surface area contributed by atoms with Crippen molar-refractivity contribution < 1.29 is 14.3 Å². The van der Waals surface area contributed by atoms with Crippen LogP contribution in [-0.4, -0.2) is 30.3 Å². The lowest BCUT2D eigenvalue weighted by Crippen LogP contribution is -2.16. The highest BCUT2D eigenvalue weighted by atomic mass is 16.5. The summed E-state index contributed by atoms with van der Waals surface area (Å²) in [5.41, 5.74) is 2.76. The van der Waals surface area contributed by atoms with Gasteiger partial charge in [0.2, 0.25) is 5.91 Å². The minimum atomic E-state index is -0.140. The van der Waals surface area contributed by atoms with Gasteiger partial charge in [-0.25, -0.2) is 0 Å². The first-order chi connectivity index (χ1) is 13.6. The molecule has 1 heterocycles. The Kier molecular flexibility index (Phi) is 6.06. The summed E-state index contributed by atoms with van der Waals surface area (Å²) in [6.45, 7) is 1.98. The Balaban J connectivity index is 1.65. The lowest BCUT2D eigenvalue weighted by molar-refractivity contribution is -0.115. The van der Waals surface area contributed by atoms with E-state index in [1.807, 2.05) is 37.3 Å². The summed E-state index contributed by atoms with van der Waals surface area (Å²) in [5, 5.41) is 14.1. The summed E-state index contributed by atoms with van der Waals surface area (Å²) < 4.78 is 10.6. The lowest BCUT2D eigenvalue weighted by Gasteiger charge is -2.12. The van der Waals surface area contributed by atoms with E-state index >= 15 is 0 Å². The Morgan fingerprint density at radius 2 is 1.71 bits per heavy atom. The summed E-state index contributed by atoms with van der Waals surface area (Å²) in [5.74, 6) is 2.11. The molecule has 0 radical (unpaired) electrons. The van der Waals surface area contributed by atoms with Crippen LogP contribution in [0, 0.1) is 6.92 Å². The number of carbonyl (C=O) groups excluding carboxylic acids is 1. The van der Waals surface area contributed by atoms with Gasteiger partial charge in [-0.05, 0) is 42.3 Å². The molecule has 0 bridgehead atoms. The number of hydrogen-bond donors (Lipinski definition) is 2. The van der Waals surface area contributed by atoms with Crippen LogP contribution >= 0.6 is 0 Å². The highest BCUT2D eigenvalue weighted by Crippen LogP contribution is 2.30. The van der Waals surface area contributed by atoms with Gasteiger partial charge < -0.3 is 20.1 Å². The Morgan fingerprint density at radius 3 is 2.39 bits per heavy atom. The molecule has 0 unspecified atom stereocenters. The van der Waals surface area contributed by atoms with Gasteiger partial charge in [-0.3, -0.25) is 4.79 Å². The molecule has 1 amide bonds. The first-order valence-corrected chi connectivity index (χ1v) is 8.76. The molecule has 3 aromatic rings. The third kappa shape index (κ3) is 4.76. The van der Waals surface area contributed by atoms with E-state index in [9.17, 15) is 4.79 Å². The van der Waals surface area contributed by atoms with Crippen molar-refractivity contribution in [1.29, 1.82) is 0 Å². The molecule has 0 spiro atoms. The first-order valence-electron chi connectivity index (χ1n) is 8.76. The number of rotatable bonds is 7. The van der Waals surface area contributed by atoms with E-state index in [4.69, 9.17) is 9.47 Å². The minimum absolute atomic E-state index is 0.140. The molecule has 0 fully saturated rings. The summed E-state index contributed by atoms with van der Waals surface area (Å²) in [4.78, 5) is 12.2. The second kappa shape index (κ2) is 8.85. The van der Waals surface area contributed by atoms with E-state index in [1.165, 1.54) is 0 Å². The van der Waals surface area contributed by atoms with Gasteiger partial charge >= 0.3 is 0 Å². The monoisotopic (exact) mass is 378 g/mol. The van der Waals surface area contributed by atoms with Crippen LogP contribution in [0.25, 0.3) is 0 Å². The van der Waals surface area contributed by atoms with Crippen LogP contribution in [0.1, 0.15) is 11.1 Å². The lowest BCUT2D eigenvalue weighted by atomic mass is 10.1. The number of amides is 1. The maximum atomic E-state index is 12.2. The summed E-state index contributed by atoms with van der Waals surface area (Å²) in [7, 11) is 3.19. The number of aryl methyl sites for hydroxylation is 1. The maximum Gasteiger partial charge on any atom is 0.230 e. The van der Waals surface area contributed by atoms with E-state index < -0.39 is 0 Å². The van der Waals surface area contributed by atoms with Crippen molar-refractivity contribution in [3.05, 3.63) is 65.7 Å². The van der Waals surface area contributed by atoms with Crippen molar-refractivity contribution in [2.75, 3.05) is 24.9 Å². The Morgan fingerprint density at radius 1 is 0.964 bits per heavy atom. The van der Waals surface area contributed by atoms with Crippen LogP contribution in [0.5, 0.6) is 11.5 Å². The molecule has 7 nitrogen and oxygen atoms in total. The number of carbonyl (C=O) groups is 1. The summed E-state index contributed by atoms with van der Waals surface area (Å²) in [6.07, 6.45) is 0.287. The van der Waals surface area contributed by atoms with Gasteiger partial charge in [0.05, 0.1) is 26.3 Å². The Hall–Kier alpha value is -3.61. The van der Waals surface area contributed by atoms with Crippen molar-refractivity contribution in [2.24, 2.45) is 0 Å². The molecule has 7 heteroatoms. The van der Waals surface area contributed by atoms with Crippen LogP contribution < -0.4 is 20.1 Å². The predicted octanol–water partition coefficient (Wildman–Crippen LogP) is 3.73. The molecule has 0 aliphatic rings. The van der Waals surface area contributed by atoms with Crippen molar-refractivity contribution >= 4 is 23.2 Å². The number of benzene rings is 2. The van der Waals surface area contributed by atoms with Crippen molar-refractivity contribution in [2.45, 2.75) is 13.3 Å². The predicted molar refractivity (Wildman–Crippen MR) is 108 cm³/mol. The number of nitrogens with one attached hydrogen (secondary N) is 2. The second-order valence-electron chi connectivity index (χ2n) is 6.15. The standard InChI is InChI=1S/C21H22N4O3/c1-14-6-4-5-7-15(14)12-21(26)23-20-11-10-19(24-25-20)22-17-13-16(27-2)8-9-18(17)28-3/h4-11,13H,12H2,1-3H3,(H,22,24)(H,23,25,26). The minimum Gasteiger partial charge on any atom is -0.497 e. The number of nitrogens with zero attached hydrogens (tertiary/aromatic N) is 2. The largest absolute Gasteiger partial charge is 0.497 e. The highest BCUT2D eigenvalue weighted by Gasteiger charge is 2.09. The molecule has 2 N–H and O–H groups in total. The van der Waals surface area contributed by atoms with Crippen molar-refractivity contribution in [3.63, 3.8) is 0 Å². The molecule has 0 aliphatic heterocycles. The van der Waals surface area contributed by atoms with Crippen molar-refractivity contribution in [1.82, 2.24) is 10.2 Å². The number of anilines is 3. The smallest absolute Gasteiger partial charge is 0.230 e. The number of aromatic nitrogens is 2. The van der Waals surface area contributed by atoms with Gasteiger partial charge in [-0.15, -0.1) is 10.2 Å². The molecule has 2 aromatic carbocycles. The van der Waals surface area contributed by atoms with E-state index in [2.05, 4.69) is 20.8 Å². The maximum absolute atomic E-state index is 12.2. The fraction of sp³-hybridized carbons (Fsp3) is 0.190. The SMILES string of the molecule is COc1ccc(OC)c(Nc2ccc(NC(=O)Cc3ccccc3C)nn2)c1. The molecule has 1 aromatic heterocycles. The fourth-order valence-corrected chi connectivity index (χ4v) is 2.68. The number of ether oxygens (including phenoxy) is 2. The van der Waals surface area contributed by atoms with Gasteiger partial charge in [0, 0.05) is 6.07 Å². The van der Waals surface area contributed by atoms with E-state index in [0.717, 1.165) is 11.1 Å². The van der Waals surface area contributed by atoms with E-state index in [-0.39, 0.29) is 12.3 Å². The zero-order valence-corrected chi connectivity index (χ0v) is 16.0. The van der Waals surface area contributed by atoms with E-state index in [0.29, 0.717) is 28.8 Å². The van der Waals surface area contributed by atoms with Crippen LogP contribution in [0.2, 0.25) is 0 Å². The third-order valence-electron chi connectivity index (χ3n) is 4.21. The third-order valence-corrected chi connectivity index (χ3v) is 4.21. The highest BCUT2D eigenvalue weighted by molar-refractivity contribution is 5.91. The molecule has 28 heavy (non-hydrogen) atoms. The van der Waals surface area contributed by atoms with Crippen LogP contribution in [0.15, 0.2) is 54.6 Å². The molecule has 0 saturated carbocycles. The first kappa shape index (κ1) is 19.2. The quantitative estimate of drug-likeness (QED) is 0.652. The van der Waals surface area contributed by atoms with Crippen LogP contribution in [0.4, 0.5) is 17.3 Å². The van der Waals surface area contributed by atoms with Crippen LogP contribution in [-0.2, 0) is 11.2 Å². The average molecular weight is 378 g/mol. The van der Waals surface area contributed by atoms with Gasteiger partial charge in [0.1, 0.15) is 11.5 Å². The molecule has 0 atom stereocenters. The van der Waals surface area contributed by atoms with Gasteiger partial charge in [0.25, 0.3) is 0 Å². The molecule has 0 aliphatic carbocycles. The average Bonchev–Trinajstić information content (AvgIpc) is 2.71. The number of methoxy groups -OCH3 is 2. The molecule has 0 saturated heterocycles. The topological polar surface area (TPSA) is 85.4 Å².